The van der Waals surface area contributed by atoms with Crippen LogP contribution in [0.4, 0.5) is 5.69 Å². The van der Waals surface area contributed by atoms with Gasteiger partial charge >= 0.3 is 0 Å². The lowest BCUT2D eigenvalue weighted by atomic mass is 10.0. The zero-order valence-electron chi connectivity index (χ0n) is 16.8. The van der Waals surface area contributed by atoms with Crippen LogP contribution in [0.15, 0.2) is 78.1 Å². The number of anilines is 1. The fourth-order valence-electron chi connectivity index (χ4n) is 3.85. The minimum absolute atomic E-state index is 0.0714. The molecule has 0 aliphatic heterocycles. The van der Waals surface area contributed by atoms with E-state index in [-0.39, 0.29) is 11.6 Å². The molecular weight excluding hydrogens is 374 g/mol. The van der Waals surface area contributed by atoms with Crippen LogP contribution < -0.4 is 10.9 Å². The highest BCUT2D eigenvalue weighted by atomic mass is 16.1. The largest absolute Gasteiger partial charge is 0.378 e. The SMILES string of the molecule is CC(Nc1cc(-c2ccc3ccn(C)c3c2)c2[nH]c(=O)cnc2c1)c1cccnc1. The minimum Gasteiger partial charge on any atom is -0.378 e. The number of H-pyrrole nitrogens is 1. The van der Waals surface area contributed by atoms with E-state index >= 15 is 0 Å². The summed E-state index contributed by atoms with van der Waals surface area (Å²) in [5, 5.41) is 4.72. The molecule has 1 atom stereocenters. The first-order chi connectivity index (χ1) is 14.6. The molecule has 3 aromatic heterocycles. The highest BCUT2D eigenvalue weighted by Crippen LogP contribution is 2.33. The van der Waals surface area contributed by atoms with Crippen LogP contribution >= 0.6 is 0 Å². The van der Waals surface area contributed by atoms with E-state index in [1.54, 1.807) is 6.20 Å². The Morgan fingerprint density at radius 2 is 2.00 bits per heavy atom. The maximum Gasteiger partial charge on any atom is 0.266 e. The van der Waals surface area contributed by atoms with E-state index in [9.17, 15) is 4.79 Å². The van der Waals surface area contributed by atoms with Crippen molar-refractivity contribution < 1.29 is 0 Å². The Labute approximate surface area is 173 Å². The van der Waals surface area contributed by atoms with Crippen molar-refractivity contribution in [2.75, 3.05) is 5.32 Å². The summed E-state index contributed by atoms with van der Waals surface area (Å²) in [7, 11) is 2.03. The van der Waals surface area contributed by atoms with Crippen LogP contribution in [0.1, 0.15) is 18.5 Å². The van der Waals surface area contributed by atoms with Crippen molar-refractivity contribution in [3.63, 3.8) is 0 Å². The topological polar surface area (TPSA) is 75.6 Å². The predicted octanol–water partition coefficient (Wildman–Crippen LogP) is 4.65. The molecular formula is C24H21N5O. The Balaban J connectivity index is 1.66. The lowest BCUT2D eigenvalue weighted by molar-refractivity contribution is 0.876. The molecule has 5 aromatic rings. The molecule has 30 heavy (non-hydrogen) atoms. The number of benzene rings is 2. The molecule has 2 aromatic carbocycles. The third kappa shape index (κ3) is 3.22. The second kappa shape index (κ2) is 7.15. The molecule has 3 heterocycles. The van der Waals surface area contributed by atoms with Gasteiger partial charge in [-0.25, -0.2) is 4.98 Å². The highest BCUT2D eigenvalue weighted by molar-refractivity contribution is 5.97. The smallest absolute Gasteiger partial charge is 0.266 e. The maximum atomic E-state index is 12.0. The van der Waals surface area contributed by atoms with Crippen LogP contribution in [0.25, 0.3) is 33.1 Å². The minimum atomic E-state index is -0.215. The zero-order valence-corrected chi connectivity index (χ0v) is 16.8. The van der Waals surface area contributed by atoms with Gasteiger partial charge < -0.3 is 14.9 Å². The molecule has 0 bridgehead atoms. The fraction of sp³-hybridized carbons (Fsp3) is 0.125. The molecule has 1 unspecified atom stereocenters. The van der Waals surface area contributed by atoms with E-state index in [1.807, 2.05) is 37.6 Å². The molecule has 6 nitrogen and oxygen atoms in total. The summed E-state index contributed by atoms with van der Waals surface area (Å²) >= 11 is 0. The van der Waals surface area contributed by atoms with E-state index in [4.69, 9.17) is 0 Å². The molecule has 0 aliphatic carbocycles. The van der Waals surface area contributed by atoms with E-state index in [2.05, 4.69) is 62.1 Å². The summed E-state index contributed by atoms with van der Waals surface area (Å²) in [6, 6.07) is 16.5. The number of nitrogens with one attached hydrogen (secondary N) is 2. The first kappa shape index (κ1) is 18.1. The summed E-state index contributed by atoms with van der Waals surface area (Å²) < 4.78 is 2.09. The fourth-order valence-corrected chi connectivity index (χ4v) is 3.85. The molecule has 0 fully saturated rings. The van der Waals surface area contributed by atoms with Crippen LogP contribution in [0.5, 0.6) is 0 Å². The van der Waals surface area contributed by atoms with Gasteiger partial charge in [0.25, 0.3) is 5.56 Å². The van der Waals surface area contributed by atoms with Crippen LogP contribution in [-0.4, -0.2) is 19.5 Å². The highest BCUT2D eigenvalue weighted by Gasteiger charge is 2.12. The van der Waals surface area contributed by atoms with Crippen molar-refractivity contribution in [2.45, 2.75) is 13.0 Å². The molecule has 0 saturated heterocycles. The molecule has 0 saturated carbocycles. The molecule has 0 aliphatic rings. The van der Waals surface area contributed by atoms with Crippen molar-refractivity contribution in [3.05, 3.63) is 89.2 Å². The standard InChI is InChI=1S/C24H21N5O/c1-15(18-4-3-8-25-13-18)27-19-11-20(24-21(12-19)26-14-23(30)28-24)17-6-5-16-7-9-29(2)22(16)10-17/h3-15,27H,1-2H3,(H,28,30). The molecule has 0 spiro atoms. The number of hydrogen-bond acceptors (Lipinski definition) is 4. The number of rotatable bonds is 4. The van der Waals surface area contributed by atoms with Crippen LogP contribution in [0, 0.1) is 0 Å². The van der Waals surface area contributed by atoms with Gasteiger partial charge in [0.1, 0.15) is 0 Å². The Kier molecular flexibility index (Phi) is 4.32. The first-order valence-corrected chi connectivity index (χ1v) is 9.83. The number of aromatic nitrogens is 4. The summed E-state index contributed by atoms with van der Waals surface area (Å²) in [5.41, 5.74) is 6.37. The van der Waals surface area contributed by atoms with Crippen LogP contribution in [0.3, 0.4) is 0 Å². The van der Waals surface area contributed by atoms with Gasteiger partial charge in [-0.15, -0.1) is 0 Å². The Morgan fingerprint density at radius 3 is 2.83 bits per heavy atom. The van der Waals surface area contributed by atoms with Gasteiger partial charge in [0, 0.05) is 42.4 Å². The summed E-state index contributed by atoms with van der Waals surface area (Å²) in [6.45, 7) is 2.09. The number of hydrogen-bond donors (Lipinski definition) is 2. The van der Waals surface area contributed by atoms with Gasteiger partial charge in [0.2, 0.25) is 0 Å². The van der Waals surface area contributed by atoms with Crippen molar-refractivity contribution in [2.24, 2.45) is 7.05 Å². The third-order valence-electron chi connectivity index (χ3n) is 5.45. The van der Waals surface area contributed by atoms with Gasteiger partial charge in [-0.2, -0.15) is 0 Å². The molecule has 148 valence electrons. The second-order valence-corrected chi connectivity index (χ2v) is 7.52. The first-order valence-electron chi connectivity index (χ1n) is 9.83. The normalized spacial score (nSPS) is 12.3. The summed E-state index contributed by atoms with van der Waals surface area (Å²) in [6.07, 6.45) is 6.99. The number of pyridine rings is 1. The maximum absolute atomic E-state index is 12.0. The van der Waals surface area contributed by atoms with Crippen LogP contribution in [0.2, 0.25) is 0 Å². The number of fused-ring (bicyclic) bond motifs is 2. The van der Waals surface area contributed by atoms with Gasteiger partial charge in [-0.3, -0.25) is 9.78 Å². The molecule has 0 amide bonds. The average molecular weight is 395 g/mol. The van der Waals surface area contributed by atoms with Crippen molar-refractivity contribution in [1.82, 2.24) is 19.5 Å². The van der Waals surface area contributed by atoms with Crippen molar-refractivity contribution >= 4 is 27.6 Å². The lowest BCUT2D eigenvalue weighted by Crippen LogP contribution is -2.09. The van der Waals surface area contributed by atoms with E-state index in [1.165, 1.54) is 11.6 Å². The number of aryl methyl sites for hydroxylation is 1. The quantitative estimate of drug-likeness (QED) is 0.464. The van der Waals surface area contributed by atoms with Crippen molar-refractivity contribution in [1.29, 1.82) is 0 Å². The second-order valence-electron chi connectivity index (χ2n) is 7.52. The Hall–Kier alpha value is -3.93. The van der Waals surface area contributed by atoms with Crippen LogP contribution in [-0.2, 0) is 7.05 Å². The van der Waals surface area contributed by atoms with Gasteiger partial charge in [-0.1, -0.05) is 18.2 Å². The van der Waals surface area contributed by atoms with Gasteiger partial charge in [-0.05, 0) is 53.8 Å². The Morgan fingerprint density at radius 1 is 1.10 bits per heavy atom. The predicted molar refractivity (Wildman–Crippen MR) is 121 cm³/mol. The van der Waals surface area contributed by atoms with E-state index in [0.717, 1.165) is 38.9 Å². The lowest BCUT2D eigenvalue weighted by Gasteiger charge is -2.17. The number of aromatic amines is 1. The van der Waals surface area contributed by atoms with Crippen molar-refractivity contribution in [3.8, 4) is 11.1 Å². The molecule has 2 N–H and O–H groups in total. The van der Waals surface area contributed by atoms with E-state index in [0.29, 0.717) is 0 Å². The summed E-state index contributed by atoms with van der Waals surface area (Å²) in [4.78, 5) is 23.5. The molecule has 5 rings (SSSR count). The molecule has 6 heteroatoms. The summed E-state index contributed by atoms with van der Waals surface area (Å²) in [5.74, 6) is 0. The monoisotopic (exact) mass is 395 g/mol. The number of nitrogens with zero attached hydrogens (tertiary/aromatic N) is 3. The third-order valence-corrected chi connectivity index (χ3v) is 5.45. The Bertz CT molecular complexity index is 1420. The zero-order chi connectivity index (χ0) is 20.7. The van der Waals surface area contributed by atoms with Gasteiger partial charge in [0.15, 0.2) is 0 Å². The van der Waals surface area contributed by atoms with E-state index < -0.39 is 0 Å². The average Bonchev–Trinajstić information content (AvgIpc) is 3.14. The molecule has 0 radical (unpaired) electrons. The van der Waals surface area contributed by atoms with Gasteiger partial charge in [0.05, 0.1) is 23.3 Å².